The van der Waals surface area contributed by atoms with E-state index in [9.17, 15) is 0 Å². The van der Waals surface area contributed by atoms with E-state index < -0.39 is 5.82 Å². The van der Waals surface area contributed by atoms with Crippen LogP contribution in [0.2, 0.25) is 0 Å². The summed E-state index contributed by atoms with van der Waals surface area (Å²) in [5.74, 6) is 2.75. The van der Waals surface area contributed by atoms with Gasteiger partial charge in [0.05, 0.1) is 12.4 Å². The highest BCUT2D eigenvalue weighted by Crippen LogP contribution is 2.36. The van der Waals surface area contributed by atoms with E-state index in [4.69, 9.17) is 20.2 Å². The standard InChI is InChI=1S/C26H26FN9O2/c1-15-7-19(18(27)9-21(15)38-17-3-4-29-23(8-17)30-13-28)33-25-24-20(31-14-32-25)10-22-26(34-24)36-6-5-35(2)16(11-36)12-37-22/h3-4,7-10,13-14,16H,5-6,11-12H2,1-2H3,(H2,28,29,30)(H,31,32,33)/p+1/t16-/m0/s1. The monoisotopic (exact) mass is 516 g/mol. The van der Waals surface area contributed by atoms with Crippen LogP contribution in [0.1, 0.15) is 5.56 Å². The highest BCUT2D eigenvalue weighted by molar-refractivity contribution is 5.88. The van der Waals surface area contributed by atoms with Crippen molar-refractivity contribution >= 4 is 40.5 Å². The Bertz CT molecular complexity index is 1550. The topological polar surface area (TPSA) is 128 Å². The van der Waals surface area contributed by atoms with Crippen molar-refractivity contribution in [3.8, 4) is 17.2 Å². The van der Waals surface area contributed by atoms with Crippen molar-refractivity contribution < 1.29 is 18.8 Å². The maximum absolute atomic E-state index is 15.3. The lowest BCUT2D eigenvalue weighted by atomic mass is 10.2. The number of likely N-dealkylation sites (N-methyl/N-ethyl adjacent to an activating group) is 1. The van der Waals surface area contributed by atoms with E-state index >= 15 is 4.39 Å². The Morgan fingerprint density at radius 1 is 1.26 bits per heavy atom. The largest absolute Gasteiger partial charge is 0.488 e. The van der Waals surface area contributed by atoms with Gasteiger partial charge in [-0.1, -0.05) is 0 Å². The predicted octanol–water partition coefficient (Wildman–Crippen LogP) is 2.95. The van der Waals surface area contributed by atoms with E-state index in [2.05, 4.69) is 42.1 Å². The molecule has 3 aromatic heterocycles. The fraction of sp³-hybridized carbons (Fsp3) is 0.269. The van der Waals surface area contributed by atoms with Crippen molar-refractivity contribution in [2.24, 2.45) is 10.7 Å². The minimum atomic E-state index is -0.488. The molecule has 2 bridgehead atoms. The summed E-state index contributed by atoms with van der Waals surface area (Å²) in [5.41, 5.74) is 7.57. The quantitative estimate of drug-likeness (QED) is 0.304. The molecule has 194 valence electrons. The van der Waals surface area contributed by atoms with E-state index in [0.29, 0.717) is 52.6 Å². The first-order valence-electron chi connectivity index (χ1n) is 12.2. The van der Waals surface area contributed by atoms with E-state index in [0.717, 1.165) is 37.4 Å². The highest BCUT2D eigenvalue weighted by atomic mass is 19.1. The Morgan fingerprint density at radius 2 is 2.16 bits per heavy atom. The van der Waals surface area contributed by atoms with E-state index in [1.165, 1.54) is 6.07 Å². The highest BCUT2D eigenvalue weighted by Gasteiger charge is 2.32. The number of ether oxygens (including phenoxy) is 2. The van der Waals surface area contributed by atoms with Gasteiger partial charge in [-0.05, 0) is 31.7 Å². The maximum atomic E-state index is 15.3. The van der Waals surface area contributed by atoms with E-state index in [1.807, 2.05) is 13.0 Å². The lowest BCUT2D eigenvalue weighted by molar-refractivity contribution is -0.363. The second kappa shape index (κ2) is 9.71. The molecule has 1 saturated heterocycles. The third-order valence-corrected chi connectivity index (χ3v) is 6.78. The molecule has 6 rings (SSSR count). The third kappa shape index (κ3) is 4.50. The van der Waals surface area contributed by atoms with Gasteiger partial charge in [-0.15, -0.1) is 4.98 Å². The number of hydrogen-bond acceptors (Lipinski definition) is 9. The van der Waals surface area contributed by atoms with Gasteiger partial charge in [-0.25, -0.2) is 24.3 Å². The number of anilines is 3. The summed E-state index contributed by atoms with van der Waals surface area (Å²) in [6.45, 7) is 5.05. The molecule has 12 heteroatoms. The van der Waals surface area contributed by atoms with Crippen LogP contribution in [0.15, 0.2) is 47.8 Å². The molecule has 2 aliphatic rings. The number of piperazine rings is 1. The lowest BCUT2D eigenvalue weighted by Crippen LogP contribution is -2.52. The van der Waals surface area contributed by atoms with Crippen LogP contribution in [-0.2, 0) is 0 Å². The summed E-state index contributed by atoms with van der Waals surface area (Å²) >= 11 is 0. The number of H-pyrrole nitrogens is 1. The summed E-state index contributed by atoms with van der Waals surface area (Å²) in [4.78, 5) is 25.0. The average molecular weight is 517 g/mol. The zero-order valence-electron chi connectivity index (χ0n) is 21.0. The molecule has 0 amide bonds. The van der Waals surface area contributed by atoms with Gasteiger partial charge in [0.2, 0.25) is 6.33 Å². The van der Waals surface area contributed by atoms with Crippen molar-refractivity contribution in [2.45, 2.75) is 13.0 Å². The number of nitrogens with one attached hydrogen (secondary N) is 2. The van der Waals surface area contributed by atoms with Crippen molar-refractivity contribution in [1.29, 1.82) is 0 Å². The zero-order valence-corrected chi connectivity index (χ0v) is 21.0. The van der Waals surface area contributed by atoms with Gasteiger partial charge in [-0.2, -0.15) is 0 Å². The molecule has 0 unspecified atom stereocenters. The third-order valence-electron chi connectivity index (χ3n) is 6.78. The summed E-state index contributed by atoms with van der Waals surface area (Å²) in [5, 5.41) is 3.16. The number of halogens is 1. The Balaban J connectivity index is 1.30. The SMILES string of the molecule is Cc1cc(Nc2[nH+]cnc3cc4c(nc23)N2CCN(C)[C@H](CO4)C2)c(F)cc1Oc1ccnc(N=CN)c1. The van der Waals surface area contributed by atoms with Gasteiger partial charge < -0.3 is 20.1 Å². The molecule has 2 aliphatic heterocycles. The number of pyridine rings is 2. The summed E-state index contributed by atoms with van der Waals surface area (Å²) in [6, 6.07) is 8.49. The molecule has 0 aliphatic carbocycles. The van der Waals surface area contributed by atoms with Gasteiger partial charge in [-0.3, -0.25) is 10.2 Å². The Labute approximate surface area is 218 Å². The van der Waals surface area contributed by atoms with Gasteiger partial charge in [0, 0.05) is 44.0 Å². The smallest absolute Gasteiger partial charge is 0.253 e. The van der Waals surface area contributed by atoms with Crippen LogP contribution in [0.25, 0.3) is 11.0 Å². The van der Waals surface area contributed by atoms with Crippen molar-refractivity contribution in [3.63, 3.8) is 0 Å². The molecule has 4 N–H and O–H groups in total. The molecule has 38 heavy (non-hydrogen) atoms. The number of benzene rings is 1. The molecule has 1 aromatic carbocycles. The Kier molecular flexibility index (Phi) is 6.08. The lowest BCUT2D eigenvalue weighted by Gasteiger charge is -2.37. The molecular formula is C26H27FN9O2+. The molecule has 0 saturated carbocycles. The minimum Gasteiger partial charge on any atom is -0.488 e. The maximum Gasteiger partial charge on any atom is 0.253 e. The molecule has 11 nitrogen and oxygen atoms in total. The van der Waals surface area contributed by atoms with Crippen LogP contribution >= 0.6 is 0 Å². The number of aromatic nitrogens is 4. The van der Waals surface area contributed by atoms with Crippen molar-refractivity contribution in [1.82, 2.24) is 19.9 Å². The Hall–Kier alpha value is -4.58. The molecule has 5 heterocycles. The summed E-state index contributed by atoms with van der Waals surface area (Å²) in [6.07, 6.45) is 4.25. The number of aliphatic imine (C=N–C) groups is 1. The van der Waals surface area contributed by atoms with Gasteiger partial charge in [0.15, 0.2) is 34.2 Å². The number of aromatic amines is 1. The van der Waals surface area contributed by atoms with Crippen LogP contribution in [0.5, 0.6) is 17.2 Å². The van der Waals surface area contributed by atoms with Gasteiger partial charge in [0.25, 0.3) is 5.82 Å². The van der Waals surface area contributed by atoms with E-state index in [-0.39, 0.29) is 5.69 Å². The van der Waals surface area contributed by atoms with Crippen LogP contribution in [-0.4, -0.2) is 65.5 Å². The van der Waals surface area contributed by atoms with Crippen LogP contribution in [0, 0.1) is 12.7 Å². The fourth-order valence-electron chi connectivity index (χ4n) is 4.67. The fourth-order valence-corrected chi connectivity index (χ4v) is 4.67. The molecule has 0 spiro atoms. The first kappa shape index (κ1) is 23.8. The van der Waals surface area contributed by atoms with Crippen LogP contribution in [0.4, 0.5) is 27.5 Å². The van der Waals surface area contributed by atoms with Crippen LogP contribution < -0.4 is 30.4 Å². The normalized spacial score (nSPS) is 17.2. The number of nitrogens with two attached hydrogens (primary N) is 1. The van der Waals surface area contributed by atoms with Gasteiger partial charge >= 0.3 is 0 Å². The Morgan fingerprint density at radius 3 is 3.03 bits per heavy atom. The average Bonchev–Trinajstić information content (AvgIpc) is 3.05. The zero-order chi connectivity index (χ0) is 26.2. The van der Waals surface area contributed by atoms with Crippen molar-refractivity contribution in [3.05, 3.63) is 54.2 Å². The number of nitrogens with zero attached hydrogens (tertiary/aromatic N) is 6. The molecule has 1 atom stereocenters. The van der Waals surface area contributed by atoms with E-state index in [1.54, 1.807) is 30.7 Å². The van der Waals surface area contributed by atoms with Crippen molar-refractivity contribution in [2.75, 3.05) is 43.5 Å². The number of aryl methyl sites for hydroxylation is 1. The number of rotatable bonds is 5. The number of hydrogen-bond donors (Lipinski definition) is 2. The summed E-state index contributed by atoms with van der Waals surface area (Å²) < 4.78 is 27.3. The first-order valence-corrected chi connectivity index (χ1v) is 12.2. The van der Waals surface area contributed by atoms with Crippen LogP contribution in [0.3, 0.4) is 0 Å². The molecule has 1 fully saturated rings. The minimum absolute atomic E-state index is 0.273. The second-order valence-corrected chi connectivity index (χ2v) is 9.30. The molecular weight excluding hydrogens is 489 g/mol. The number of fused-ring (bicyclic) bond motifs is 5. The molecule has 0 radical (unpaired) electrons. The van der Waals surface area contributed by atoms with Gasteiger partial charge in [0.1, 0.15) is 23.8 Å². The predicted molar refractivity (Wildman–Crippen MR) is 141 cm³/mol. The molecule has 4 aromatic rings. The summed E-state index contributed by atoms with van der Waals surface area (Å²) in [7, 11) is 2.11. The second-order valence-electron chi connectivity index (χ2n) is 9.30. The first-order chi connectivity index (χ1) is 18.5.